The van der Waals surface area contributed by atoms with Gasteiger partial charge < -0.3 is 5.32 Å². The molecule has 0 atom stereocenters. The maximum absolute atomic E-state index is 12.4. The molecule has 6 heteroatoms. The quantitative estimate of drug-likeness (QED) is 0.642. The van der Waals surface area contributed by atoms with Crippen molar-refractivity contribution in [2.45, 2.75) is 24.5 Å². The van der Waals surface area contributed by atoms with E-state index < -0.39 is 10.0 Å². The Kier molecular flexibility index (Phi) is 6.12. The Morgan fingerprint density at radius 2 is 1.42 bits per heavy atom. The third-order valence-electron chi connectivity index (χ3n) is 3.90. The molecule has 0 unspecified atom stereocenters. The van der Waals surface area contributed by atoms with Crippen LogP contribution in [0, 0.1) is 0 Å². The summed E-state index contributed by atoms with van der Waals surface area (Å²) in [4.78, 5) is 4.52. The minimum absolute atomic E-state index is 0.266. The fourth-order valence-electron chi connectivity index (χ4n) is 2.48. The van der Waals surface area contributed by atoms with Gasteiger partial charge in [-0.25, -0.2) is 13.1 Å². The lowest BCUT2D eigenvalue weighted by Crippen LogP contribution is -2.23. The normalized spacial score (nSPS) is 11.4. The Balaban J connectivity index is 1.54. The summed E-state index contributed by atoms with van der Waals surface area (Å²) in [5.74, 6) is 0. The van der Waals surface area contributed by atoms with E-state index in [9.17, 15) is 8.42 Å². The molecule has 26 heavy (non-hydrogen) atoms. The molecular formula is C20H21N3O2S. The van der Waals surface area contributed by atoms with Crippen molar-refractivity contribution in [2.75, 3.05) is 0 Å². The van der Waals surface area contributed by atoms with Gasteiger partial charge in [0.25, 0.3) is 0 Å². The van der Waals surface area contributed by atoms with Crippen molar-refractivity contribution in [2.24, 2.45) is 0 Å². The summed E-state index contributed by atoms with van der Waals surface area (Å²) in [7, 11) is -3.52. The summed E-state index contributed by atoms with van der Waals surface area (Å²) in [6.45, 7) is 1.59. The van der Waals surface area contributed by atoms with Gasteiger partial charge in [-0.05, 0) is 35.4 Å². The first-order valence-corrected chi connectivity index (χ1v) is 9.85. The molecule has 3 aromatic rings. The van der Waals surface area contributed by atoms with Crippen molar-refractivity contribution < 1.29 is 8.42 Å². The van der Waals surface area contributed by atoms with E-state index in [2.05, 4.69) is 15.0 Å². The fraction of sp³-hybridized carbons (Fsp3) is 0.150. The molecule has 0 spiro atoms. The maximum Gasteiger partial charge on any atom is 0.240 e. The van der Waals surface area contributed by atoms with Crippen LogP contribution in [0.25, 0.3) is 0 Å². The number of aromatic nitrogens is 1. The van der Waals surface area contributed by atoms with Crippen LogP contribution in [0.4, 0.5) is 0 Å². The molecule has 0 saturated heterocycles. The molecule has 0 fully saturated rings. The zero-order valence-electron chi connectivity index (χ0n) is 14.3. The second-order valence-electron chi connectivity index (χ2n) is 5.88. The predicted molar refractivity (Wildman–Crippen MR) is 102 cm³/mol. The lowest BCUT2D eigenvalue weighted by Gasteiger charge is -2.08. The van der Waals surface area contributed by atoms with Crippen molar-refractivity contribution in [3.05, 3.63) is 95.8 Å². The molecule has 2 aromatic carbocycles. The summed E-state index contributed by atoms with van der Waals surface area (Å²) >= 11 is 0. The van der Waals surface area contributed by atoms with Gasteiger partial charge in [-0.3, -0.25) is 4.98 Å². The van der Waals surface area contributed by atoms with Crippen LogP contribution < -0.4 is 10.0 Å². The molecule has 5 nitrogen and oxygen atoms in total. The smallest absolute Gasteiger partial charge is 0.240 e. The first-order valence-electron chi connectivity index (χ1n) is 8.37. The van der Waals surface area contributed by atoms with Crippen LogP contribution in [-0.4, -0.2) is 13.4 Å². The third kappa shape index (κ3) is 5.23. The number of pyridine rings is 1. The number of benzene rings is 2. The molecule has 134 valence electrons. The molecule has 1 heterocycles. The van der Waals surface area contributed by atoms with Crippen LogP contribution in [0.15, 0.2) is 83.9 Å². The van der Waals surface area contributed by atoms with E-state index in [1.165, 1.54) is 0 Å². The van der Waals surface area contributed by atoms with Crippen molar-refractivity contribution >= 4 is 10.0 Å². The highest BCUT2D eigenvalue weighted by molar-refractivity contribution is 7.89. The Hall–Kier alpha value is -2.54. The molecule has 3 rings (SSSR count). The van der Waals surface area contributed by atoms with Gasteiger partial charge in [0.1, 0.15) is 0 Å². The van der Waals surface area contributed by atoms with E-state index in [4.69, 9.17) is 0 Å². The second-order valence-corrected chi connectivity index (χ2v) is 7.65. The average molecular weight is 367 g/mol. The molecule has 0 saturated carbocycles. The number of sulfonamides is 1. The van der Waals surface area contributed by atoms with E-state index in [0.29, 0.717) is 13.1 Å². The summed E-state index contributed by atoms with van der Waals surface area (Å²) in [5, 5.41) is 3.30. The Morgan fingerprint density at radius 1 is 0.731 bits per heavy atom. The van der Waals surface area contributed by atoms with Crippen molar-refractivity contribution in [3.63, 3.8) is 0 Å². The van der Waals surface area contributed by atoms with Crippen LogP contribution >= 0.6 is 0 Å². The topological polar surface area (TPSA) is 71.1 Å². The van der Waals surface area contributed by atoms with E-state index >= 15 is 0 Å². The molecular weight excluding hydrogens is 346 g/mol. The van der Waals surface area contributed by atoms with E-state index in [-0.39, 0.29) is 11.4 Å². The zero-order valence-corrected chi connectivity index (χ0v) is 15.1. The standard InChI is InChI=1S/C20H21N3O2S/c24-26(25,23-15-17-6-2-1-3-7-17)20-11-9-18(10-12-20)14-21-16-19-8-4-5-13-22-19/h1-13,21,23H,14-16H2. The first kappa shape index (κ1) is 18.3. The third-order valence-corrected chi connectivity index (χ3v) is 5.32. The highest BCUT2D eigenvalue weighted by Crippen LogP contribution is 2.11. The van der Waals surface area contributed by atoms with Crippen molar-refractivity contribution in [1.82, 2.24) is 15.0 Å². The Morgan fingerprint density at radius 3 is 2.12 bits per heavy atom. The van der Waals surface area contributed by atoms with Crippen LogP contribution in [0.5, 0.6) is 0 Å². The van der Waals surface area contributed by atoms with Gasteiger partial charge in [0.2, 0.25) is 10.0 Å². The highest BCUT2D eigenvalue weighted by atomic mass is 32.2. The predicted octanol–water partition coefficient (Wildman–Crippen LogP) is 2.85. The van der Waals surface area contributed by atoms with Crippen LogP contribution in [0.1, 0.15) is 16.8 Å². The number of rotatable bonds is 8. The Labute approximate surface area is 154 Å². The van der Waals surface area contributed by atoms with Crippen LogP contribution in [0.2, 0.25) is 0 Å². The lowest BCUT2D eigenvalue weighted by atomic mass is 10.2. The number of nitrogens with zero attached hydrogens (tertiary/aromatic N) is 1. The van der Waals surface area contributed by atoms with E-state index in [1.807, 2.05) is 60.7 Å². The van der Waals surface area contributed by atoms with Gasteiger partial charge in [0, 0.05) is 25.8 Å². The van der Waals surface area contributed by atoms with Gasteiger partial charge in [-0.1, -0.05) is 48.5 Å². The molecule has 0 radical (unpaired) electrons. The molecule has 1 aromatic heterocycles. The number of hydrogen-bond acceptors (Lipinski definition) is 4. The fourth-order valence-corrected chi connectivity index (χ4v) is 3.50. The van der Waals surface area contributed by atoms with Gasteiger partial charge in [0.05, 0.1) is 10.6 Å². The van der Waals surface area contributed by atoms with Gasteiger partial charge in [0.15, 0.2) is 0 Å². The minimum Gasteiger partial charge on any atom is -0.307 e. The summed E-state index contributed by atoms with van der Waals surface area (Å²) < 4.78 is 27.4. The minimum atomic E-state index is -3.52. The molecule has 0 bridgehead atoms. The molecule has 0 aliphatic heterocycles. The van der Waals surface area contributed by atoms with Gasteiger partial charge >= 0.3 is 0 Å². The SMILES string of the molecule is O=S(=O)(NCc1ccccc1)c1ccc(CNCc2ccccn2)cc1. The average Bonchev–Trinajstić information content (AvgIpc) is 2.69. The molecule has 0 aliphatic carbocycles. The maximum atomic E-state index is 12.4. The lowest BCUT2D eigenvalue weighted by molar-refractivity contribution is 0.581. The van der Waals surface area contributed by atoms with Crippen molar-refractivity contribution in [3.8, 4) is 0 Å². The van der Waals surface area contributed by atoms with E-state index in [1.54, 1.807) is 18.3 Å². The second kappa shape index (κ2) is 8.71. The van der Waals surface area contributed by atoms with Gasteiger partial charge in [-0.15, -0.1) is 0 Å². The number of nitrogens with one attached hydrogen (secondary N) is 2. The summed E-state index contributed by atoms with van der Waals surface area (Å²) in [6.07, 6.45) is 1.76. The Bertz CT molecular complexity index is 912. The van der Waals surface area contributed by atoms with Crippen LogP contribution in [-0.2, 0) is 29.7 Å². The molecule has 0 aliphatic rings. The highest BCUT2D eigenvalue weighted by Gasteiger charge is 2.13. The summed E-state index contributed by atoms with van der Waals surface area (Å²) in [6, 6.07) is 22.1. The largest absolute Gasteiger partial charge is 0.307 e. The monoisotopic (exact) mass is 367 g/mol. The molecule has 0 amide bonds. The van der Waals surface area contributed by atoms with Crippen LogP contribution in [0.3, 0.4) is 0 Å². The van der Waals surface area contributed by atoms with Gasteiger partial charge in [-0.2, -0.15) is 0 Å². The first-order chi connectivity index (χ1) is 12.6. The summed E-state index contributed by atoms with van der Waals surface area (Å²) in [5.41, 5.74) is 2.91. The number of hydrogen-bond donors (Lipinski definition) is 2. The molecule has 2 N–H and O–H groups in total. The van der Waals surface area contributed by atoms with E-state index in [0.717, 1.165) is 16.8 Å². The van der Waals surface area contributed by atoms with Crippen molar-refractivity contribution in [1.29, 1.82) is 0 Å². The zero-order chi connectivity index (χ0) is 18.2.